The Morgan fingerprint density at radius 3 is 2.29 bits per heavy atom. The Bertz CT molecular complexity index is 1180. The predicted molar refractivity (Wildman–Crippen MR) is 121 cm³/mol. The van der Waals surface area contributed by atoms with Crippen molar-refractivity contribution in [3.8, 4) is 16.9 Å². The van der Waals surface area contributed by atoms with E-state index in [1.54, 1.807) is 13.4 Å². The molecule has 0 radical (unpaired) electrons. The third kappa shape index (κ3) is 3.84. The number of morpholine rings is 1. The number of anilines is 1. The van der Waals surface area contributed by atoms with E-state index in [-0.39, 0.29) is 0 Å². The summed E-state index contributed by atoms with van der Waals surface area (Å²) < 4.78 is 12.9. The molecule has 0 atom stereocenters. The number of hydrogen-bond acceptors (Lipinski definition) is 6. The number of aryl methyl sites for hydroxylation is 1. The normalized spacial score (nSPS) is 14.2. The number of ether oxygens (including phenoxy) is 2. The van der Waals surface area contributed by atoms with Crippen LogP contribution in [0.15, 0.2) is 54.9 Å². The monoisotopic (exact) mass is 415 g/mol. The largest absolute Gasteiger partial charge is 0.497 e. The van der Waals surface area contributed by atoms with Crippen LogP contribution in [0.4, 0.5) is 5.82 Å². The van der Waals surface area contributed by atoms with Gasteiger partial charge in [0.25, 0.3) is 0 Å². The molecule has 0 amide bonds. The van der Waals surface area contributed by atoms with Crippen LogP contribution in [0, 0.1) is 6.92 Å². The second kappa shape index (κ2) is 8.35. The Kier molecular flexibility index (Phi) is 5.26. The van der Waals surface area contributed by atoms with Crippen molar-refractivity contribution >= 4 is 17.0 Å². The number of benzene rings is 2. The Hall–Kier alpha value is -3.45. The average molecular weight is 415 g/mol. The second-order valence-electron chi connectivity index (χ2n) is 7.64. The molecule has 7 nitrogen and oxygen atoms in total. The summed E-state index contributed by atoms with van der Waals surface area (Å²) in [6, 6.07) is 16.7. The first kappa shape index (κ1) is 19.5. The Labute approximate surface area is 181 Å². The van der Waals surface area contributed by atoms with Crippen molar-refractivity contribution < 1.29 is 9.47 Å². The fourth-order valence-corrected chi connectivity index (χ4v) is 4.00. The van der Waals surface area contributed by atoms with Crippen molar-refractivity contribution in [3.05, 3.63) is 66.2 Å². The van der Waals surface area contributed by atoms with Gasteiger partial charge in [0.1, 0.15) is 17.9 Å². The first-order chi connectivity index (χ1) is 15.2. The lowest BCUT2D eigenvalue weighted by Gasteiger charge is -2.27. The van der Waals surface area contributed by atoms with Crippen LogP contribution in [0.2, 0.25) is 0 Å². The van der Waals surface area contributed by atoms with Crippen molar-refractivity contribution in [3.63, 3.8) is 0 Å². The van der Waals surface area contributed by atoms with E-state index in [0.717, 1.165) is 41.6 Å². The zero-order valence-corrected chi connectivity index (χ0v) is 17.8. The zero-order chi connectivity index (χ0) is 21.2. The third-order valence-corrected chi connectivity index (χ3v) is 5.73. The van der Waals surface area contributed by atoms with Gasteiger partial charge in [0.2, 0.25) is 0 Å². The van der Waals surface area contributed by atoms with E-state index < -0.39 is 0 Å². The maximum absolute atomic E-state index is 5.48. The topological polar surface area (TPSA) is 65.3 Å². The summed E-state index contributed by atoms with van der Waals surface area (Å²) in [5.41, 5.74) is 5.27. The Morgan fingerprint density at radius 1 is 0.935 bits per heavy atom. The molecule has 2 aromatic carbocycles. The molecule has 0 spiro atoms. The minimum absolute atomic E-state index is 0.713. The molecule has 3 heterocycles. The summed E-state index contributed by atoms with van der Waals surface area (Å²) in [6.07, 6.45) is 1.64. The molecule has 0 saturated carbocycles. The van der Waals surface area contributed by atoms with Gasteiger partial charge in [-0.05, 0) is 35.7 Å². The van der Waals surface area contributed by atoms with Gasteiger partial charge in [0.15, 0.2) is 17.0 Å². The molecule has 158 valence electrons. The zero-order valence-electron chi connectivity index (χ0n) is 17.8. The predicted octanol–water partition coefficient (Wildman–Crippen LogP) is 3.70. The van der Waals surface area contributed by atoms with Gasteiger partial charge in [0.05, 0.1) is 26.9 Å². The van der Waals surface area contributed by atoms with Crippen molar-refractivity contribution in [1.82, 2.24) is 19.5 Å². The minimum Gasteiger partial charge on any atom is -0.497 e. The number of hydrogen-bond donors (Lipinski definition) is 0. The van der Waals surface area contributed by atoms with Gasteiger partial charge in [-0.15, -0.1) is 0 Å². The van der Waals surface area contributed by atoms with Crippen LogP contribution in [0.1, 0.15) is 11.4 Å². The van der Waals surface area contributed by atoms with Crippen LogP contribution in [0.25, 0.3) is 22.3 Å². The molecular weight excluding hydrogens is 390 g/mol. The number of fused-ring (bicyclic) bond motifs is 1. The maximum atomic E-state index is 5.48. The van der Waals surface area contributed by atoms with E-state index in [2.05, 4.69) is 55.8 Å². The highest BCUT2D eigenvalue weighted by atomic mass is 16.5. The lowest BCUT2D eigenvalue weighted by molar-refractivity contribution is 0.122. The van der Waals surface area contributed by atoms with Gasteiger partial charge in [-0.1, -0.05) is 36.4 Å². The summed E-state index contributed by atoms with van der Waals surface area (Å²) in [5.74, 6) is 2.69. The van der Waals surface area contributed by atoms with Crippen LogP contribution in [-0.4, -0.2) is 52.9 Å². The van der Waals surface area contributed by atoms with Gasteiger partial charge in [0, 0.05) is 13.1 Å². The number of rotatable bonds is 5. The molecule has 1 fully saturated rings. The summed E-state index contributed by atoms with van der Waals surface area (Å²) in [6.45, 7) is 5.81. The summed E-state index contributed by atoms with van der Waals surface area (Å²) in [5, 5.41) is 0. The van der Waals surface area contributed by atoms with Gasteiger partial charge < -0.3 is 18.9 Å². The molecule has 5 rings (SSSR count). The lowest BCUT2D eigenvalue weighted by Crippen LogP contribution is -2.36. The average Bonchev–Trinajstić information content (AvgIpc) is 3.15. The van der Waals surface area contributed by atoms with Crippen molar-refractivity contribution in [2.75, 3.05) is 38.3 Å². The first-order valence-corrected chi connectivity index (χ1v) is 10.5. The molecule has 2 aromatic heterocycles. The van der Waals surface area contributed by atoms with E-state index in [1.807, 2.05) is 19.1 Å². The van der Waals surface area contributed by atoms with E-state index in [0.29, 0.717) is 19.8 Å². The SMILES string of the molecule is COc1ccc(-c2ccc(Cn3c(C)nc4c(N5CCOCC5)ncnc43)cc2)cc1. The molecule has 4 aromatic rings. The molecule has 7 heteroatoms. The third-order valence-electron chi connectivity index (χ3n) is 5.73. The van der Waals surface area contributed by atoms with Gasteiger partial charge in [-0.3, -0.25) is 0 Å². The van der Waals surface area contributed by atoms with E-state index >= 15 is 0 Å². The Morgan fingerprint density at radius 2 is 1.61 bits per heavy atom. The molecular formula is C24H25N5O2. The molecule has 1 aliphatic heterocycles. The summed E-state index contributed by atoms with van der Waals surface area (Å²) >= 11 is 0. The van der Waals surface area contributed by atoms with Crippen molar-refractivity contribution in [1.29, 1.82) is 0 Å². The van der Waals surface area contributed by atoms with Gasteiger partial charge in [-0.25, -0.2) is 15.0 Å². The molecule has 0 aliphatic carbocycles. The van der Waals surface area contributed by atoms with E-state index in [4.69, 9.17) is 14.5 Å². The van der Waals surface area contributed by atoms with E-state index in [1.165, 1.54) is 16.7 Å². The second-order valence-corrected chi connectivity index (χ2v) is 7.64. The fraction of sp³-hybridized carbons (Fsp3) is 0.292. The highest BCUT2D eigenvalue weighted by Crippen LogP contribution is 2.26. The molecule has 1 aliphatic rings. The highest BCUT2D eigenvalue weighted by molar-refractivity contribution is 5.84. The van der Waals surface area contributed by atoms with Crippen molar-refractivity contribution in [2.24, 2.45) is 0 Å². The van der Waals surface area contributed by atoms with Crippen LogP contribution >= 0.6 is 0 Å². The molecule has 0 unspecified atom stereocenters. The molecule has 0 bridgehead atoms. The van der Waals surface area contributed by atoms with Crippen molar-refractivity contribution in [2.45, 2.75) is 13.5 Å². The standard InChI is InChI=1S/C24H25N5O2/c1-17-27-22-23(28-11-13-31-14-12-28)25-16-26-24(22)29(17)15-18-3-5-19(6-4-18)20-7-9-21(30-2)10-8-20/h3-10,16H,11-15H2,1-2H3. The van der Waals surface area contributed by atoms with Crippen LogP contribution in [-0.2, 0) is 11.3 Å². The minimum atomic E-state index is 0.713. The van der Waals surface area contributed by atoms with Crippen LogP contribution in [0.5, 0.6) is 5.75 Å². The molecule has 0 N–H and O–H groups in total. The van der Waals surface area contributed by atoms with E-state index in [9.17, 15) is 0 Å². The summed E-state index contributed by atoms with van der Waals surface area (Å²) in [7, 11) is 1.68. The molecule has 1 saturated heterocycles. The quantitative estimate of drug-likeness (QED) is 0.495. The number of aromatic nitrogens is 4. The fourth-order valence-electron chi connectivity index (χ4n) is 4.00. The van der Waals surface area contributed by atoms with Gasteiger partial charge in [-0.2, -0.15) is 0 Å². The number of methoxy groups -OCH3 is 1. The van der Waals surface area contributed by atoms with Gasteiger partial charge >= 0.3 is 0 Å². The summed E-state index contributed by atoms with van der Waals surface area (Å²) in [4.78, 5) is 16.1. The Balaban J connectivity index is 1.41. The van der Waals surface area contributed by atoms with Crippen LogP contribution < -0.4 is 9.64 Å². The smallest absolute Gasteiger partial charge is 0.165 e. The van der Waals surface area contributed by atoms with Crippen LogP contribution in [0.3, 0.4) is 0 Å². The highest BCUT2D eigenvalue weighted by Gasteiger charge is 2.20. The first-order valence-electron chi connectivity index (χ1n) is 10.5. The molecule has 31 heavy (non-hydrogen) atoms. The maximum Gasteiger partial charge on any atom is 0.165 e. The number of nitrogens with zero attached hydrogens (tertiary/aromatic N) is 5. The lowest BCUT2D eigenvalue weighted by atomic mass is 10.0. The number of imidazole rings is 1.